The second-order valence-electron chi connectivity index (χ2n) is 11.3. The van der Waals surface area contributed by atoms with Gasteiger partial charge in [-0.2, -0.15) is 5.26 Å². The average Bonchev–Trinajstić information content (AvgIpc) is 3.09. The second-order valence-corrected chi connectivity index (χ2v) is 11.7. The fourth-order valence-corrected chi connectivity index (χ4v) is 6.20. The third-order valence-electron chi connectivity index (χ3n) is 7.74. The van der Waals surface area contributed by atoms with Gasteiger partial charge in [-0.3, -0.25) is 23.7 Å². The van der Waals surface area contributed by atoms with E-state index in [1.54, 1.807) is 37.3 Å². The Labute approximate surface area is 303 Å². The lowest BCUT2D eigenvalue weighted by Gasteiger charge is -2.45. The number of methoxy groups -OCH3 is 1. The number of carbonyl (C=O) groups is 5. The van der Waals surface area contributed by atoms with E-state index in [2.05, 4.69) is 6.07 Å². The maximum absolute atomic E-state index is 14.2. The number of carbonyl (C=O) groups excluding carboxylic acids is 5. The standard InChI is InChI=1S/C36H36N2O13S/c1-7-46-36(44)29-28(23-13-14-25(43)26(15-23)45-6)24(16-37)35(52)38(30(29)22-11-9-8-10-12-22)34-33(50-21(5)42)32(49-20(4)41)31(48-19(3)40)27(51-34)17-47-18(2)39/h8-15,27,31-34,43H,7,17H2,1-6H3. The van der Waals surface area contributed by atoms with Crippen LogP contribution in [0.5, 0.6) is 11.5 Å². The normalized spacial score (nSPS) is 19.4. The molecular weight excluding hydrogens is 700 g/mol. The highest BCUT2D eigenvalue weighted by Gasteiger charge is 2.53. The first-order chi connectivity index (χ1) is 24.7. The monoisotopic (exact) mass is 736 g/mol. The molecule has 5 atom stereocenters. The summed E-state index contributed by atoms with van der Waals surface area (Å²) in [6, 6.07) is 14.6. The Kier molecular flexibility index (Phi) is 12.7. The van der Waals surface area contributed by atoms with E-state index in [1.807, 2.05) is 0 Å². The number of esters is 5. The predicted molar refractivity (Wildman–Crippen MR) is 182 cm³/mol. The molecule has 2 aromatic carbocycles. The van der Waals surface area contributed by atoms with Gasteiger partial charge in [0.05, 0.1) is 30.5 Å². The van der Waals surface area contributed by atoms with Crippen molar-refractivity contribution in [2.45, 2.75) is 65.3 Å². The van der Waals surface area contributed by atoms with Crippen molar-refractivity contribution in [1.29, 1.82) is 5.26 Å². The molecule has 0 saturated carbocycles. The third kappa shape index (κ3) is 8.39. The highest BCUT2D eigenvalue weighted by Crippen LogP contribution is 2.44. The van der Waals surface area contributed by atoms with Crippen LogP contribution in [0.1, 0.15) is 56.8 Å². The van der Waals surface area contributed by atoms with Gasteiger partial charge in [0.15, 0.2) is 36.0 Å². The van der Waals surface area contributed by atoms with Crippen LogP contribution >= 0.6 is 12.2 Å². The van der Waals surface area contributed by atoms with E-state index in [9.17, 15) is 34.3 Å². The molecule has 0 bridgehead atoms. The van der Waals surface area contributed by atoms with Crippen molar-refractivity contribution in [3.05, 3.63) is 64.3 Å². The smallest absolute Gasteiger partial charge is 0.340 e. The van der Waals surface area contributed by atoms with Crippen LogP contribution in [-0.4, -0.2) is 84.3 Å². The van der Waals surface area contributed by atoms with Crippen LogP contribution in [0.2, 0.25) is 0 Å². The largest absolute Gasteiger partial charge is 0.504 e. The molecule has 1 aromatic heterocycles. The number of pyridine rings is 1. The Morgan fingerprint density at radius 3 is 2.04 bits per heavy atom. The second kappa shape index (κ2) is 16.9. The zero-order chi connectivity index (χ0) is 38.3. The van der Waals surface area contributed by atoms with E-state index < -0.39 is 67.1 Å². The van der Waals surface area contributed by atoms with Gasteiger partial charge in [0.25, 0.3) is 0 Å². The van der Waals surface area contributed by atoms with Crippen LogP contribution in [0.25, 0.3) is 22.4 Å². The lowest BCUT2D eigenvalue weighted by atomic mass is 9.90. The van der Waals surface area contributed by atoms with Crippen LogP contribution in [0, 0.1) is 16.0 Å². The molecule has 4 rings (SSSR count). The first kappa shape index (κ1) is 39.0. The minimum absolute atomic E-state index is 0.0185. The van der Waals surface area contributed by atoms with Crippen molar-refractivity contribution in [3.63, 3.8) is 0 Å². The van der Waals surface area contributed by atoms with Gasteiger partial charge >= 0.3 is 29.8 Å². The maximum Gasteiger partial charge on any atom is 0.340 e. The minimum Gasteiger partial charge on any atom is -0.504 e. The molecule has 15 nitrogen and oxygen atoms in total. The van der Waals surface area contributed by atoms with E-state index in [-0.39, 0.29) is 50.7 Å². The molecule has 2 heterocycles. The van der Waals surface area contributed by atoms with Gasteiger partial charge in [-0.1, -0.05) is 48.6 Å². The van der Waals surface area contributed by atoms with E-state index in [4.69, 9.17) is 45.4 Å². The Morgan fingerprint density at radius 1 is 0.865 bits per heavy atom. The predicted octanol–water partition coefficient (Wildman–Crippen LogP) is 4.57. The highest BCUT2D eigenvalue weighted by atomic mass is 32.1. The van der Waals surface area contributed by atoms with Gasteiger partial charge in [-0.05, 0) is 30.2 Å². The molecule has 1 aliphatic rings. The SMILES string of the molecule is CCOC(=O)c1c(-c2ccc(O)c(OC)c2)c(C#N)c(=S)n(C2OC(COC(C)=O)C(OC(C)=O)C(OC(C)=O)C2OC(C)=O)c1-c1ccccc1. The Hall–Kier alpha value is -5.79. The molecule has 0 aliphatic carbocycles. The van der Waals surface area contributed by atoms with E-state index in [0.29, 0.717) is 5.56 Å². The number of phenols is 1. The molecule has 1 fully saturated rings. The summed E-state index contributed by atoms with van der Waals surface area (Å²) in [7, 11) is 1.33. The van der Waals surface area contributed by atoms with Gasteiger partial charge in [0.2, 0.25) is 0 Å². The van der Waals surface area contributed by atoms with Crippen LogP contribution in [-0.2, 0) is 47.6 Å². The Balaban J connectivity index is 2.23. The van der Waals surface area contributed by atoms with Crippen molar-refractivity contribution >= 4 is 42.1 Å². The summed E-state index contributed by atoms with van der Waals surface area (Å²) in [6.07, 6.45) is -7.73. The average molecular weight is 737 g/mol. The lowest BCUT2D eigenvalue weighted by molar-refractivity contribution is -0.268. The first-order valence-electron chi connectivity index (χ1n) is 15.9. The maximum atomic E-state index is 14.2. The number of ether oxygens (including phenoxy) is 7. The number of rotatable bonds is 11. The molecular formula is C36H36N2O13S. The molecule has 1 N–H and O–H groups in total. The summed E-state index contributed by atoms with van der Waals surface area (Å²) in [5, 5.41) is 21.1. The Bertz CT molecular complexity index is 1970. The van der Waals surface area contributed by atoms with Crippen molar-refractivity contribution < 1.29 is 62.2 Å². The van der Waals surface area contributed by atoms with E-state index in [1.165, 1.54) is 29.9 Å². The zero-order valence-corrected chi connectivity index (χ0v) is 29.9. The highest BCUT2D eigenvalue weighted by molar-refractivity contribution is 7.71. The summed E-state index contributed by atoms with van der Waals surface area (Å²) in [4.78, 5) is 63.7. The summed E-state index contributed by atoms with van der Waals surface area (Å²) < 4.78 is 40.5. The molecule has 274 valence electrons. The van der Waals surface area contributed by atoms with E-state index in [0.717, 1.165) is 27.7 Å². The van der Waals surface area contributed by atoms with Crippen molar-refractivity contribution in [2.24, 2.45) is 0 Å². The summed E-state index contributed by atoms with van der Waals surface area (Å²) in [5.41, 5.74) is 0.209. The molecule has 3 aromatic rings. The fraction of sp³-hybridized carbons (Fsp3) is 0.361. The molecule has 1 aliphatic heterocycles. The molecule has 52 heavy (non-hydrogen) atoms. The number of hydrogen-bond acceptors (Lipinski definition) is 15. The van der Waals surface area contributed by atoms with Crippen LogP contribution in [0.3, 0.4) is 0 Å². The molecule has 1 saturated heterocycles. The van der Waals surface area contributed by atoms with Gasteiger partial charge in [0.1, 0.15) is 23.4 Å². The summed E-state index contributed by atoms with van der Waals surface area (Å²) >= 11 is 5.99. The summed E-state index contributed by atoms with van der Waals surface area (Å²) in [5.74, 6) is -4.37. The zero-order valence-electron chi connectivity index (χ0n) is 29.1. The molecule has 16 heteroatoms. The number of nitrogens with zero attached hydrogens (tertiary/aromatic N) is 2. The number of hydrogen-bond donors (Lipinski definition) is 1. The fourth-order valence-electron chi connectivity index (χ4n) is 5.86. The minimum atomic E-state index is -1.64. The van der Waals surface area contributed by atoms with Crippen LogP contribution in [0.4, 0.5) is 0 Å². The number of nitriles is 1. The van der Waals surface area contributed by atoms with Crippen molar-refractivity contribution in [1.82, 2.24) is 4.57 Å². The topological polar surface area (TPSA) is 199 Å². The van der Waals surface area contributed by atoms with Gasteiger partial charge in [0, 0.05) is 33.3 Å². The van der Waals surface area contributed by atoms with Crippen LogP contribution < -0.4 is 4.74 Å². The van der Waals surface area contributed by atoms with Crippen molar-refractivity contribution in [2.75, 3.05) is 20.3 Å². The lowest BCUT2D eigenvalue weighted by Crippen LogP contribution is -2.60. The molecule has 0 spiro atoms. The van der Waals surface area contributed by atoms with Gasteiger partial charge in [-0.25, -0.2) is 4.79 Å². The number of aromatic nitrogens is 1. The van der Waals surface area contributed by atoms with Crippen LogP contribution in [0.15, 0.2) is 48.5 Å². The quantitative estimate of drug-likeness (QED) is 0.163. The number of aromatic hydroxyl groups is 1. The Morgan fingerprint density at radius 2 is 1.48 bits per heavy atom. The third-order valence-corrected chi connectivity index (χ3v) is 8.14. The van der Waals surface area contributed by atoms with Gasteiger partial charge in [-0.15, -0.1) is 0 Å². The van der Waals surface area contributed by atoms with Gasteiger partial charge < -0.3 is 38.3 Å². The summed E-state index contributed by atoms with van der Waals surface area (Å²) in [6.45, 7) is 5.35. The number of phenolic OH excluding ortho intramolecular Hbond substituents is 1. The molecule has 0 amide bonds. The molecule has 5 unspecified atom stereocenters. The molecule has 0 radical (unpaired) electrons. The first-order valence-corrected chi connectivity index (χ1v) is 16.3. The van der Waals surface area contributed by atoms with Crippen molar-refractivity contribution in [3.8, 4) is 40.0 Å². The van der Waals surface area contributed by atoms with E-state index >= 15 is 0 Å². The number of benzene rings is 2.